The lowest BCUT2D eigenvalue weighted by atomic mass is 10.2. The fourth-order valence-corrected chi connectivity index (χ4v) is 1.96. The van der Waals surface area contributed by atoms with Gasteiger partial charge in [-0.3, -0.25) is 0 Å². The molecule has 0 bridgehead atoms. The van der Waals surface area contributed by atoms with Gasteiger partial charge in [-0.05, 0) is 52.2 Å². The van der Waals surface area contributed by atoms with Gasteiger partial charge in [-0.25, -0.2) is 0 Å². The van der Waals surface area contributed by atoms with Gasteiger partial charge in [0.05, 0.1) is 0 Å². The van der Waals surface area contributed by atoms with Gasteiger partial charge in [0.25, 0.3) is 0 Å². The van der Waals surface area contributed by atoms with Crippen molar-refractivity contribution in [1.29, 1.82) is 0 Å². The molecule has 0 amide bonds. The minimum atomic E-state index is 0.526. The molecule has 1 N–H and O–H groups in total. The van der Waals surface area contributed by atoms with Crippen LogP contribution in [0.3, 0.4) is 0 Å². The van der Waals surface area contributed by atoms with E-state index in [0.29, 0.717) is 12.6 Å². The highest BCUT2D eigenvalue weighted by molar-refractivity contribution is 9.10. The SMILES string of the molecule is CC(CCN(C)C)NCCOc1cccc(Br)c1. The number of rotatable bonds is 8. The Balaban J connectivity index is 2.11. The smallest absolute Gasteiger partial charge is 0.120 e. The van der Waals surface area contributed by atoms with Gasteiger partial charge in [0.1, 0.15) is 12.4 Å². The van der Waals surface area contributed by atoms with Crippen LogP contribution in [0.15, 0.2) is 28.7 Å². The van der Waals surface area contributed by atoms with Crippen molar-refractivity contribution in [2.45, 2.75) is 19.4 Å². The molecule has 1 rings (SSSR count). The van der Waals surface area contributed by atoms with Crippen LogP contribution in [0.2, 0.25) is 0 Å². The molecule has 1 atom stereocenters. The molecule has 3 nitrogen and oxygen atoms in total. The van der Waals surface area contributed by atoms with Crippen LogP contribution >= 0.6 is 15.9 Å². The van der Waals surface area contributed by atoms with Crippen molar-refractivity contribution >= 4 is 15.9 Å². The molecular weight excluding hydrogens is 292 g/mol. The first-order valence-corrected chi connectivity index (χ1v) is 7.13. The van der Waals surface area contributed by atoms with Gasteiger partial charge in [-0.2, -0.15) is 0 Å². The summed E-state index contributed by atoms with van der Waals surface area (Å²) in [5.41, 5.74) is 0. The van der Waals surface area contributed by atoms with E-state index in [9.17, 15) is 0 Å². The molecule has 0 radical (unpaired) electrons. The Bertz CT molecular complexity index is 344. The molecule has 0 aliphatic heterocycles. The van der Waals surface area contributed by atoms with Crippen molar-refractivity contribution in [1.82, 2.24) is 10.2 Å². The first-order chi connectivity index (χ1) is 8.58. The van der Waals surface area contributed by atoms with E-state index in [0.717, 1.165) is 29.7 Å². The summed E-state index contributed by atoms with van der Waals surface area (Å²) in [5.74, 6) is 0.909. The lowest BCUT2D eigenvalue weighted by Gasteiger charge is -2.16. The van der Waals surface area contributed by atoms with E-state index in [1.807, 2.05) is 24.3 Å². The largest absolute Gasteiger partial charge is 0.492 e. The second kappa shape index (κ2) is 8.51. The first-order valence-electron chi connectivity index (χ1n) is 6.34. The lowest BCUT2D eigenvalue weighted by Crippen LogP contribution is -2.32. The van der Waals surface area contributed by atoms with Crippen LogP contribution in [-0.4, -0.2) is 44.7 Å². The predicted octanol–water partition coefficient (Wildman–Crippen LogP) is 2.76. The Morgan fingerprint density at radius 2 is 2.17 bits per heavy atom. The van der Waals surface area contributed by atoms with E-state index >= 15 is 0 Å². The summed E-state index contributed by atoms with van der Waals surface area (Å²) in [6.45, 7) is 4.90. The standard InChI is InChI=1S/C14H23BrN2O/c1-12(7-9-17(2)3)16-8-10-18-14-6-4-5-13(15)11-14/h4-6,11-12,16H,7-10H2,1-3H3. The third-order valence-electron chi connectivity index (χ3n) is 2.67. The summed E-state index contributed by atoms with van der Waals surface area (Å²) in [4.78, 5) is 2.20. The highest BCUT2D eigenvalue weighted by Crippen LogP contribution is 2.17. The number of halogens is 1. The summed E-state index contributed by atoms with van der Waals surface area (Å²) in [6.07, 6.45) is 1.16. The third kappa shape index (κ3) is 6.99. The summed E-state index contributed by atoms with van der Waals surface area (Å²) in [5, 5.41) is 3.46. The van der Waals surface area contributed by atoms with Gasteiger partial charge in [-0.15, -0.1) is 0 Å². The van der Waals surface area contributed by atoms with E-state index in [4.69, 9.17) is 4.74 Å². The molecule has 0 saturated heterocycles. The number of ether oxygens (including phenoxy) is 1. The number of benzene rings is 1. The molecule has 18 heavy (non-hydrogen) atoms. The van der Waals surface area contributed by atoms with Crippen LogP contribution in [0.4, 0.5) is 0 Å². The summed E-state index contributed by atoms with van der Waals surface area (Å²) in [6, 6.07) is 8.45. The van der Waals surface area contributed by atoms with Crippen molar-refractivity contribution in [3.8, 4) is 5.75 Å². The normalized spacial score (nSPS) is 12.7. The zero-order valence-electron chi connectivity index (χ0n) is 11.4. The maximum atomic E-state index is 5.66. The third-order valence-corrected chi connectivity index (χ3v) is 3.16. The van der Waals surface area contributed by atoms with E-state index in [1.54, 1.807) is 0 Å². The first kappa shape index (κ1) is 15.5. The number of nitrogens with one attached hydrogen (secondary N) is 1. The molecule has 0 fully saturated rings. The topological polar surface area (TPSA) is 24.5 Å². The van der Waals surface area contributed by atoms with Crippen LogP contribution in [-0.2, 0) is 0 Å². The zero-order chi connectivity index (χ0) is 13.4. The van der Waals surface area contributed by atoms with Crippen LogP contribution < -0.4 is 10.1 Å². The second-order valence-electron chi connectivity index (χ2n) is 4.75. The van der Waals surface area contributed by atoms with Crippen LogP contribution in [0, 0.1) is 0 Å². The summed E-state index contributed by atoms with van der Waals surface area (Å²) >= 11 is 3.43. The fourth-order valence-electron chi connectivity index (χ4n) is 1.58. The summed E-state index contributed by atoms with van der Waals surface area (Å²) in [7, 11) is 4.20. The average molecular weight is 315 g/mol. The minimum absolute atomic E-state index is 0.526. The second-order valence-corrected chi connectivity index (χ2v) is 5.67. The monoisotopic (exact) mass is 314 g/mol. The summed E-state index contributed by atoms with van der Waals surface area (Å²) < 4.78 is 6.71. The quantitative estimate of drug-likeness (QED) is 0.747. The van der Waals surface area contributed by atoms with Crippen molar-refractivity contribution in [2.75, 3.05) is 33.8 Å². The molecule has 1 aromatic carbocycles. The maximum Gasteiger partial charge on any atom is 0.120 e. The van der Waals surface area contributed by atoms with Crippen molar-refractivity contribution in [3.63, 3.8) is 0 Å². The molecule has 0 heterocycles. The Morgan fingerprint density at radius 1 is 1.39 bits per heavy atom. The Labute approximate surface area is 119 Å². The van der Waals surface area contributed by atoms with Crippen molar-refractivity contribution in [2.24, 2.45) is 0 Å². The molecule has 0 saturated carbocycles. The molecule has 102 valence electrons. The highest BCUT2D eigenvalue weighted by Gasteiger charge is 2.01. The van der Waals surface area contributed by atoms with Crippen molar-refractivity contribution < 1.29 is 4.74 Å². The fraction of sp³-hybridized carbons (Fsp3) is 0.571. The van der Waals surface area contributed by atoms with Gasteiger partial charge >= 0.3 is 0 Å². The lowest BCUT2D eigenvalue weighted by molar-refractivity contribution is 0.298. The van der Waals surface area contributed by atoms with Gasteiger partial charge in [0, 0.05) is 17.1 Å². The zero-order valence-corrected chi connectivity index (χ0v) is 13.0. The molecule has 1 aromatic rings. The van der Waals surface area contributed by atoms with Gasteiger partial charge < -0.3 is 15.0 Å². The molecule has 0 spiro atoms. The van der Waals surface area contributed by atoms with E-state index in [2.05, 4.69) is 47.2 Å². The number of nitrogens with zero attached hydrogens (tertiary/aromatic N) is 1. The van der Waals surface area contributed by atoms with Gasteiger partial charge in [0.2, 0.25) is 0 Å². The Kier molecular flexibility index (Phi) is 7.32. The van der Waals surface area contributed by atoms with E-state index in [1.165, 1.54) is 0 Å². The Morgan fingerprint density at radius 3 is 2.83 bits per heavy atom. The molecule has 1 unspecified atom stereocenters. The highest BCUT2D eigenvalue weighted by atomic mass is 79.9. The Hall–Kier alpha value is -0.580. The van der Waals surface area contributed by atoms with Crippen LogP contribution in [0.25, 0.3) is 0 Å². The van der Waals surface area contributed by atoms with Gasteiger partial charge in [-0.1, -0.05) is 22.0 Å². The molecular formula is C14H23BrN2O. The number of hydrogen-bond donors (Lipinski definition) is 1. The van der Waals surface area contributed by atoms with Gasteiger partial charge in [0.15, 0.2) is 0 Å². The van der Waals surface area contributed by atoms with Crippen LogP contribution in [0.1, 0.15) is 13.3 Å². The number of hydrogen-bond acceptors (Lipinski definition) is 3. The molecule has 0 aromatic heterocycles. The van der Waals surface area contributed by atoms with Crippen molar-refractivity contribution in [3.05, 3.63) is 28.7 Å². The van der Waals surface area contributed by atoms with E-state index in [-0.39, 0.29) is 0 Å². The molecule has 0 aliphatic carbocycles. The average Bonchev–Trinajstić information content (AvgIpc) is 2.32. The molecule has 0 aliphatic rings. The minimum Gasteiger partial charge on any atom is -0.492 e. The van der Waals surface area contributed by atoms with E-state index < -0.39 is 0 Å². The maximum absolute atomic E-state index is 5.66. The predicted molar refractivity (Wildman–Crippen MR) is 80.3 cm³/mol. The molecule has 4 heteroatoms. The van der Waals surface area contributed by atoms with Crippen LogP contribution in [0.5, 0.6) is 5.75 Å².